The van der Waals surface area contributed by atoms with E-state index in [-0.39, 0.29) is 0 Å². The Hall–Kier alpha value is -5.40. The van der Waals surface area contributed by atoms with E-state index >= 15 is 0 Å². The average Bonchev–Trinajstić information content (AvgIpc) is 3.33. The summed E-state index contributed by atoms with van der Waals surface area (Å²) < 4.78 is 2.48. The van der Waals surface area contributed by atoms with E-state index in [4.69, 9.17) is 0 Å². The number of hydrogen-bond acceptors (Lipinski definition) is 0. The standard InChI is InChI=1S/C40H25N/c1-3-11-26(12-4-1)29-16-9-17-31(23-29)41-36-22-21-28-15-10-20-34-32-18-7-8-19-33(32)35-24-30(27-13-5-2-6-14-27)25-37(41)39(35)40(36)38(28)34/h1-25H. The van der Waals surface area contributed by atoms with Crippen molar-refractivity contribution in [1.29, 1.82) is 0 Å². The minimum atomic E-state index is 1.17. The molecule has 0 bridgehead atoms. The van der Waals surface area contributed by atoms with Crippen molar-refractivity contribution in [2.24, 2.45) is 0 Å². The molecular formula is C40H25N. The SMILES string of the molecule is c1ccc(-c2cccc(-n3c4cc(-c5ccccc5)cc5c4c4c6c(cccc6ccc43)-c3ccccc3-5)c2)cc1. The van der Waals surface area contributed by atoms with Gasteiger partial charge in [-0.2, -0.15) is 0 Å². The lowest BCUT2D eigenvalue weighted by Crippen LogP contribution is -1.96. The molecule has 1 aliphatic carbocycles. The summed E-state index contributed by atoms with van der Waals surface area (Å²) in [5.41, 5.74) is 13.7. The molecule has 1 heterocycles. The van der Waals surface area contributed by atoms with E-state index in [1.165, 1.54) is 82.8 Å². The van der Waals surface area contributed by atoms with Gasteiger partial charge in [0.15, 0.2) is 0 Å². The van der Waals surface area contributed by atoms with Gasteiger partial charge in [0.1, 0.15) is 0 Å². The first-order valence-electron chi connectivity index (χ1n) is 14.2. The molecule has 0 radical (unpaired) electrons. The number of fused-ring (bicyclic) bond motifs is 3. The van der Waals surface area contributed by atoms with Gasteiger partial charge in [-0.25, -0.2) is 0 Å². The number of rotatable bonds is 3. The van der Waals surface area contributed by atoms with Crippen molar-refractivity contribution in [2.45, 2.75) is 0 Å². The minimum Gasteiger partial charge on any atom is -0.309 e. The molecule has 0 atom stereocenters. The summed E-state index contributed by atoms with van der Waals surface area (Å²) in [4.78, 5) is 0. The third kappa shape index (κ3) is 3.24. The summed E-state index contributed by atoms with van der Waals surface area (Å²) in [6.45, 7) is 0. The molecular weight excluding hydrogens is 494 g/mol. The van der Waals surface area contributed by atoms with Crippen molar-refractivity contribution >= 4 is 32.6 Å². The van der Waals surface area contributed by atoms with Crippen LogP contribution in [0.25, 0.3) is 82.8 Å². The van der Waals surface area contributed by atoms with Crippen LogP contribution in [0.15, 0.2) is 152 Å². The molecule has 1 nitrogen and oxygen atoms in total. The highest BCUT2D eigenvalue weighted by Gasteiger charge is 2.25. The van der Waals surface area contributed by atoms with Crippen LogP contribution in [0.5, 0.6) is 0 Å². The van der Waals surface area contributed by atoms with Gasteiger partial charge in [-0.15, -0.1) is 0 Å². The van der Waals surface area contributed by atoms with E-state index < -0.39 is 0 Å². The topological polar surface area (TPSA) is 4.93 Å². The van der Waals surface area contributed by atoms with Crippen LogP contribution >= 0.6 is 0 Å². The van der Waals surface area contributed by atoms with Gasteiger partial charge in [0.25, 0.3) is 0 Å². The number of nitrogens with zero attached hydrogens (tertiary/aromatic N) is 1. The Labute approximate surface area is 238 Å². The lowest BCUT2D eigenvalue weighted by atomic mass is 9.92. The highest BCUT2D eigenvalue weighted by molar-refractivity contribution is 6.30. The molecule has 0 N–H and O–H groups in total. The summed E-state index contributed by atoms with van der Waals surface area (Å²) in [7, 11) is 0. The van der Waals surface area contributed by atoms with E-state index in [9.17, 15) is 0 Å². The van der Waals surface area contributed by atoms with Gasteiger partial charge in [0, 0.05) is 16.5 Å². The fraction of sp³-hybridized carbons (Fsp3) is 0. The van der Waals surface area contributed by atoms with Crippen LogP contribution < -0.4 is 0 Å². The average molecular weight is 520 g/mol. The molecule has 8 aromatic rings. The third-order valence-electron chi connectivity index (χ3n) is 8.70. The van der Waals surface area contributed by atoms with Gasteiger partial charge >= 0.3 is 0 Å². The second-order valence-electron chi connectivity index (χ2n) is 10.9. The minimum absolute atomic E-state index is 1.17. The van der Waals surface area contributed by atoms with Crippen LogP contribution in [0.3, 0.4) is 0 Å². The summed E-state index contributed by atoms with van der Waals surface area (Å²) >= 11 is 0. The van der Waals surface area contributed by atoms with E-state index in [2.05, 4.69) is 156 Å². The molecule has 0 spiro atoms. The summed E-state index contributed by atoms with van der Waals surface area (Å²) in [5.74, 6) is 0. The maximum absolute atomic E-state index is 2.48. The van der Waals surface area contributed by atoms with Gasteiger partial charge in [0.2, 0.25) is 0 Å². The first-order valence-corrected chi connectivity index (χ1v) is 14.2. The van der Waals surface area contributed by atoms with Gasteiger partial charge in [-0.3, -0.25) is 0 Å². The van der Waals surface area contributed by atoms with E-state index in [0.717, 1.165) is 0 Å². The van der Waals surface area contributed by atoms with E-state index in [1.807, 2.05) is 0 Å². The van der Waals surface area contributed by atoms with Crippen molar-refractivity contribution < 1.29 is 0 Å². The Balaban J connectivity index is 1.48. The molecule has 0 aliphatic heterocycles. The normalized spacial score (nSPS) is 11.9. The smallest absolute Gasteiger partial charge is 0.0553 e. The zero-order valence-electron chi connectivity index (χ0n) is 22.4. The first kappa shape index (κ1) is 22.4. The van der Waals surface area contributed by atoms with Crippen molar-refractivity contribution in [2.75, 3.05) is 0 Å². The fourth-order valence-electron chi connectivity index (χ4n) is 6.92. The Morgan fingerprint density at radius 1 is 0.317 bits per heavy atom. The molecule has 1 aliphatic rings. The Kier molecular flexibility index (Phi) is 4.67. The molecule has 1 heteroatoms. The zero-order chi connectivity index (χ0) is 26.9. The Morgan fingerprint density at radius 2 is 0.951 bits per heavy atom. The fourth-order valence-corrected chi connectivity index (χ4v) is 6.92. The maximum atomic E-state index is 2.48. The summed E-state index contributed by atoms with van der Waals surface area (Å²) in [5, 5.41) is 5.28. The molecule has 0 saturated heterocycles. The molecule has 9 rings (SSSR count). The van der Waals surface area contributed by atoms with E-state index in [0.29, 0.717) is 0 Å². The van der Waals surface area contributed by atoms with Gasteiger partial charge in [0.05, 0.1) is 11.0 Å². The lowest BCUT2D eigenvalue weighted by molar-refractivity contribution is 1.18. The third-order valence-corrected chi connectivity index (χ3v) is 8.70. The highest BCUT2D eigenvalue weighted by Crippen LogP contribution is 2.50. The number of benzene rings is 7. The zero-order valence-corrected chi connectivity index (χ0v) is 22.4. The van der Waals surface area contributed by atoms with Gasteiger partial charge in [-0.05, 0) is 85.6 Å². The van der Waals surface area contributed by atoms with Crippen LogP contribution in [0, 0.1) is 0 Å². The number of hydrogen-bond donors (Lipinski definition) is 0. The van der Waals surface area contributed by atoms with Crippen molar-refractivity contribution in [3.63, 3.8) is 0 Å². The molecule has 0 unspecified atom stereocenters. The summed E-state index contributed by atoms with van der Waals surface area (Å²) in [6, 6.07) is 55.5. The van der Waals surface area contributed by atoms with Crippen molar-refractivity contribution in [3.05, 3.63) is 152 Å². The van der Waals surface area contributed by atoms with Crippen LogP contribution in [-0.4, -0.2) is 4.57 Å². The highest BCUT2D eigenvalue weighted by atomic mass is 15.0. The van der Waals surface area contributed by atoms with Crippen LogP contribution in [0.2, 0.25) is 0 Å². The Bertz CT molecular complexity index is 2290. The predicted octanol–water partition coefficient (Wildman–Crippen LogP) is 10.9. The molecule has 7 aromatic carbocycles. The van der Waals surface area contributed by atoms with Crippen LogP contribution in [-0.2, 0) is 0 Å². The van der Waals surface area contributed by atoms with Crippen LogP contribution in [0.4, 0.5) is 0 Å². The van der Waals surface area contributed by atoms with Gasteiger partial charge < -0.3 is 4.57 Å². The van der Waals surface area contributed by atoms with Crippen LogP contribution in [0.1, 0.15) is 0 Å². The van der Waals surface area contributed by atoms with Crippen molar-refractivity contribution in [1.82, 2.24) is 4.57 Å². The molecule has 0 amide bonds. The second kappa shape index (κ2) is 8.55. The molecule has 41 heavy (non-hydrogen) atoms. The monoisotopic (exact) mass is 519 g/mol. The van der Waals surface area contributed by atoms with Gasteiger partial charge in [-0.1, -0.05) is 121 Å². The second-order valence-corrected chi connectivity index (χ2v) is 10.9. The summed E-state index contributed by atoms with van der Waals surface area (Å²) in [6.07, 6.45) is 0. The predicted molar refractivity (Wildman–Crippen MR) is 174 cm³/mol. The molecule has 190 valence electrons. The quantitative estimate of drug-likeness (QED) is 0.219. The molecule has 1 aromatic heterocycles. The van der Waals surface area contributed by atoms with E-state index in [1.54, 1.807) is 0 Å². The molecule has 0 fully saturated rings. The van der Waals surface area contributed by atoms with Crippen molar-refractivity contribution in [3.8, 4) is 50.2 Å². The largest absolute Gasteiger partial charge is 0.309 e. The number of aromatic nitrogens is 1. The lowest BCUT2D eigenvalue weighted by Gasteiger charge is -2.15. The Morgan fingerprint density at radius 3 is 1.73 bits per heavy atom. The first-order chi connectivity index (χ1) is 20.3. The maximum Gasteiger partial charge on any atom is 0.0553 e. The molecule has 0 saturated carbocycles.